The third kappa shape index (κ3) is 5.27. The van der Waals surface area contributed by atoms with Gasteiger partial charge in [0.2, 0.25) is 10.0 Å². The fourth-order valence-electron chi connectivity index (χ4n) is 2.88. The van der Waals surface area contributed by atoms with E-state index >= 15 is 0 Å². The molecule has 0 bridgehead atoms. The Balaban J connectivity index is 2.35. The summed E-state index contributed by atoms with van der Waals surface area (Å²) in [5, 5.41) is 2.77. The molecule has 0 fully saturated rings. The van der Waals surface area contributed by atoms with E-state index in [0.29, 0.717) is 30.9 Å². The topological polar surface area (TPSA) is 79.0 Å². The van der Waals surface area contributed by atoms with Crippen molar-refractivity contribution < 1.29 is 17.9 Å². The molecule has 2 rings (SSSR count). The molecular weight excluding hydrogens is 390 g/mol. The Morgan fingerprint density at radius 2 is 1.62 bits per heavy atom. The highest BCUT2D eigenvalue weighted by atomic mass is 32.2. The first-order chi connectivity index (χ1) is 13.7. The van der Waals surface area contributed by atoms with Crippen molar-refractivity contribution in [3.8, 4) is 5.75 Å². The maximum Gasteiger partial charge on any atom is 0.255 e. The monoisotopic (exact) mass is 419 g/mol. The third-order valence-corrected chi connectivity index (χ3v) is 6.54. The number of amides is 1. The average molecular weight is 420 g/mol. The molecule has 1 N–H and O–H groups in total. The van der Waals surface area contributed by atoms with E-state index in [1.54, 1.807) is 45.0 Å². The molecule has 0 aliphatic heterocycles. The Bertz CT molecular complexity index is 937. The number of nitrogens with one attached hydrogen (secondary N) is 1. The molecule has 0 aliphatic rings. The summed E-state index contributed by atoms with van der Waals surface area (Å²) in [4.78, 5) is 14.6. The Morgan fingerprint density at radius 3 is 2.14 bits per heavy atom. The number of anilines is 2. The molecule has 8 heteroatoms. The van der Waals surface area contributed by atoms with Crippen LogP contribution in [0.25, 0.3) is 0 Å². The SMILES string of the molecule is CCOc1ccc(NC(=O)c2ccc(N(C)C)cc2)cc1S(=O)(=O)N(CC)CC. The standard InChI is InChI=1S/C21H29N3O4S/c1-6-24(7-2)29(26,27)20-15-17(11-14-19(20)28-8-3)22-21(25)16-9-12-18(13-10-16)23(4)5/h9-15H,6-8H2,1-5H3,(H,22,25). The van der Waals surface area contributed by atoms with Crippen LogP contribution in [0.5, 0.6) is 5.75 Å². The molecule has 0 heterocycles. The molecule has 1 amide bonds. The molecule has 29 heavy (non-hydrogen) atoms. The molecule has 0 unspecified atom stereocenters. The quantitative estimate of drug-likeness (QED) is 0.674. The second-order valence-electron chi connectivity index (χ2n) is 6.58. The minimum absolute atomic E-state index is 0.0452. The minimum Gasteiger partial charge on any atom is -0.492 e. The van der Waals surface area contributed by atoms with E-state index < -0.39 is 10.0 Å². The number of sulfonamides is 1. The molecule has 0 aromatic heterocycles. The summed E-state index contributed by atoms with van der Waals surface area (Å²) in [6.07, 6.45) is 0. The Kier molecular flexibility index (Phi) is 7.64. The van der Waals surface area contributed by atoms with Crippen molar-refractivity contribution in [1.29, 1.82) is 0 Å². The first-order valence-electron chi connectivity index (χ1n) is 9.60. The second-order valence-corrected chi connectivity index (χ2v) is 8.49. The fraction of sp³-hybridized carbons (Fsp3) is 0.381. The van der Waals surface area contributed by atoms with Gasteiger partial charge in [-0.3, -0.25) is 4.79 Å². The Morgan fingerprint density at radius 1 is 1.00 bits per heavy atom. The molecule has 158 valence electrons. The zero-order valence-corrected chi connectivity index (χ0v) is 18.4. The molecule has 2 aromatic carbocycles. The zero-order chi connectivity index (χ0) is 21.6. The van der Waals surface area contributed by atoms with Gasteiger partial charge in [-0.05, 0) is 49.4 Å². The van der Waals surface area contributed by atoms with E-state index in [-0.39, 0.29) is 16.6 Å². The minimum atomic E-state index is -3.74. The molecule has 0 radical (unpaired) electrons. The Hall–Kier alpha value is -2.58. The summed E-state index contributed by atoms with van der Waals surface area (Å²) in [6.45, 7) is 6.39. The molecule has 0 spiro atoms. The lowest BCUT2D eigenvalue weighted by Crippen LogP contribution is -2.31. The van der Waals surface area contributed by atoms with Gasteiger partial charge in [0.1, 0.15) is 10.6 Å². The predicted molar refractivity (Wildman–Crippen MR) is 116 cm³/mol. The van der Waals surface area contributed by atoms with Crippen LogP contribution in [0, 0.1) is 0 Å². The van der Waals surface area contributed by atoms with Gasteiger partial charge in [-0.15, -0.1) is 0 Å². The number of hydrogen-bond donors (Lipinski definition) is 1. The largest absolute Gasteiger partial charge is 0.492 e. The molecule has 0 aliphatic carbocycles. The van der Waals surface area contributed by atoms with Crippen LogP contribution in [0.15, 0.2) is 47.4 Å². The van der Waals surface area contributed by atoms with Crippen LogP contribution < -0.4 is 15.0 Å². The van der Waals surface area contributed by atoms with Crippen molar-refractivity contribution in [3.05, 3.63) is 48.0 Å². The molecule has 0 saturated heterocycles. The average Bonchev–Trinajstić information content (AvgIpc) is 2.70. The summed E-state index contributed by atoms with van der Waals surface area (Å²) in [6, 6.07) is 11.8. The van der Waals surface area contributed by atoms with E-state index in [1.807, 2.05) is 31.1 Å². The molecular formula is C21H29N3O4S. The van der Waals surface area contributed by atoms with Gasteiger partial charge in [-0.2, -0.15) is 4.31 Å². The van der Waals surface area contributed by atoms with Gasteiger partial charge in [-0.25, -0.2) is 8.42 Å². The summed E-state index contributed by atoms with van der Waals surface area (Å²) >= 11 is 0. The van der Waals surface area contributed by atoms with Crippen LogP contribution in [0.2, 0.25) is 0 Å². The number of ether oxygens (including phenoxy) is 1. The number of carbonyl (C=O) groups is 1. The van der Waals surface area contributed by atoms with Crippen LogP contribution >= 0.6 is 0 Å². The van der Waals surface area contributed by atoms with Crippen molar-refractivity contribution in [2.75, 3.05) is 44.0 Å². The normalized spacial score (nSPS) is 11.4. The molecule has 7 nitrogen and oxygen atoms in total. The lowest BCUT2D eigenvalue weighted by Gasteiger charge is -2.21. The summed E-state index contributed by atoms with van der Waals surface area (Å²) in [7, 11) is 0.106. The first-order valence-corrected chi connectivity index (χ1v) is 11.0. The summed E-state index contributed by atoms with van der Waals surface area (Å²) in [5.41, 5.74) is 1.86. The van der Waals surface area contributed by atoms with E-state index in [2.05, 4.69) is 5.32 Å². The lowest BCUT2D eigenvalue weighted by molar-refractivity contribution is 0.102. The van der Waals surface area contributed by atoms with Crippen LogP contribution in [-0.4, -0.2) is 52.4 Å². The molecule has 2 aromatic rings. The van der Waals surface area contributed by atoms with E-state index in [9.17, 15) is 13.2 Å². The third-order valence-electron chi connectivity index (χ3n) is 4.47. The van der Waals surface area contributed by atoms with Crippen molar-refractivity contribution in [3.63, 3.8) is 0 Å². The van der Waals surface area contributed by atoms with Gasteiger partial charge >= 0.3 is 0 Å². The fourth-order valence-corrected chi connectivity index (χ4v) is 4.49. The number of rotatable bonds is 9. The summed E-state index contributed by atoms with van der Waals surface area (Å²) in [5.74, 6) is -0.0432. The predicted octanol–water partition coefficient (Wildman–Crippen LogP) is 3.43. The van der Waals surface area contributed by atoms with E-state index in [1.165, 1.54) is 10.4 Å². The summed E-state index contributed by atoms with van der Waals surface area (Å²) < 4.78 is 32.9. The number of nitrogens with zero attached hydrogens (tertiary/aromatic N) is 2. The van der Waals surface area contributed by atoms with E-state index in [4.69, 9.17) is 4.74 Å². The van der Waals surface area contributed by atoms with Gasteiger partial charge in [0.05, 0.1) is 6.61 Å². The molecule has 0 saturated carbocycles. The van der Waals surface area contributed by atoms with Crippen LogP contribution in [0.3, 0.4) is 0 Å². The van der Waals surface area contributed by atoms with Gasteiger partial charge < -0.3 is 15.0 Å². The van der Waals surface area contributed by atoms with Crippen molar-refractivity contribution in [2.45, 2.75) is 25.7 Å². The van der Waals surface area contributed by atoms with Crippen LogP contribution in [0.4, 0.5) is 11.4 Å². The highest BCUT2D eigenvalue weighted by Crippen LogP contribution is 2.30. The maximum atomic E-state index is 13.0. The first kappa shape index (κ1) is 22.7. The smallest absolute Gasteiger partial charge is 0.255 e. The Labute approximate surface area is 173 Å². The van der Waals surface area contributed by atoms with Gasteiger partial charge in [0.25, 0.3) is 5.91 Å². The lowest BCUT2D eigenvalue weighted by atomic mass is 10.2. The second kappa shape index (κ2) is 9.76. The van der Waals surface area contributed by atoms with E-state index in [0.717, 1.165) is 5.69 Å². The van der Waals surface area contributed by atoms with Gasteiger partial charge in [0, 0.05) is 44.1 Å². The molecule has 0 atom stereocenters. The van der Waals surface area contributed by atoms with Gasteiger partial charge in [0.15, 0.2) is 0 Å². The highest BCUT2D eigenvalue weighted by Gasteiger charge is 2.26. The van der Waals surface area contributed by atoms with Crippen molar-refractivity contribution in [2.24, 2.45) is 0 Å². The van der Waals surface area contributed by atoms with Crippen LogP contribution in [0.1, 0.15) is 31.1 Å². The highest BCUT2D eigenvalue weighted by molar-refractivity contribution is 7.89. The van der Waals surface area contributed by atoms with Crippen molar-refractivity contribution >= 4 is 27.3 Å². The zero-order valence-electron chi connectivity index (χ0n) is 17.6. The number of hydrogen-bond acceptors (Lipinski definition) is 5. The number of benzene rings is 2. The van der Waals surface area contributed by atoms with Crippen LogP contribution in [-0.2, 0) is 10.0 Å². The number of carbonyl (C=O) groups excluding carboxylic acids is 1. The van der Waals surface area contributed by atoms with Crippen molar-refractivity contribution in [1.82, 2.24) is 4.31 Å². The maximum absolute atomic E-state index is 13.0. The van der Waals surface area contributed by atoms with Gasteiger partial charge in [-0.1, -0.05) is 13.8 Å².